The normalized spacial score (nSPS) is 13.5. The number of halogens is 1. The first-order chi connectivity index (χ1) is 15.0. The number of anilines is 1. The molecule has 2 aromatic carbocycles. The second-order valence-corrected chi connectivity index (χ2v) is 7.27. The largest absolute Gasteiger partial charge is 0.484 e. The Kier molecular flexibility index (Phi) is 10.3. The van der Waals surface area contributed by atoms with Crippen LogP contribution in [0.1, 0.15) is 30.9 Å². The number of carbonyl (C=O) groups excluding carboxylic acids is 2. The van der Waals surface area contributed by atoms with Crippen molar-refractivity contribution in [2.24, 2.45) is 10.7 Å². The molecule has 0 atom stereocenters. The Morgan fingerprint density at radius 1 is 1.16 bits per heavy atom. The zero-order chi connectivity index (χ0) is 22.1. The number of hydrogen-bond donors (Lipinski definition) is 3. The predicted molar refractivity (Wildman–Crippen MR) is 136 cm³/mol. The van der Waals surface area contributed by atoms with Crippen LogP contribution >= 0.6 is 24.0 Å². The van der Waals surface area contributed by atoms with E-state index < -0.39 is 5.91 Å². The van der Waals surface area contributed by atoms with E-state index in [1.165, 1.54) is 0 Å². The van der Waals surface area contributed by atoms with Gasteiger partial charge < -0.3 is 26.0 Å². The lowest BCUT2D eigenvalue weighted by molar-refractivity contribution is -0.120. The molecule has 172 valence electrons. The molecule has 0 saturated carbocycles. The SMILES string of the molecule is CCNC(=NCc1cccc(OCC(N)=O)c1)NCc1ccc(N2CCCC2=O)cc1.I. The van der Waals surface area contributed by atoms with E-state index in [0.717, 1.165) is 36.3 Å². The molecule has 8 nitrogen and oxygen atoms in total. The molecule has 1 heterocycles. The van der Waals surface area contributed by atoms with Crippen molar-refractivity contribution in [1.29, 1.82) is 0 Å². The van der Waals surface area contributed by atoms with Crippen LogP contribution in [-0.2, 0) is 22.7 Å². The highest BCUT2D eigenvalue weighted by Crippen LogP contribution is 2.21. The van der Waals surface area contributed by atoms with Crippen LogP contribution in [0.15, 0.2) is 53.5 Å². The van der Waals surface area contributed by atoms with Gasteiger partial charge in [-0.15, -0.1) is 24.0 Å². The van der Waals surface area contributed by atoms with Crippen molar-refractivity contribution in [3.63, 3.8) is 0 Å². The van der Waals surface area contributed by atoms with Gasteiger partial charge in [0.2, 0.25) is 5.91 Å². The number of amides is 2. The molecule has 2 amide bonds. The molecule has 0 spiro atoms. The van der Waals surface area contributed by atoms with Gasteiger partial charge in [0.05, 0.1) is 6.54 Å². The van der Waals surface area contributed by atoms with Gasteiger partial charge in [-0.2, -0.15) is 0 Å². The number of guanidine groups is 1. The van der Waals surface area contributed by atoms with Crippen molar-refractivity contribution >= 4 is 47.4 Å². The summed E-state index contributed by atoms with van der Waals surface area (Å²) < 4.78 is 5.34. The predicted octanol–water partition coefficient (Wildman–Crippen LogP) is 2.55. The molecule has 4 N–H and O–H groups in total. The highest BCUT2D eigenvalue weighted by atomic mass is 127. The summed E-state index contributed by atoms with van der Waals surface area (Å²) >= 11 is 0. The Hall–Kier alpha value is -2.82. The van der Waals surface area contributed by atoms with Gasteiger partial charge in [-0.1, -0.05) is 24.3 Å². The number of ether oxygens (including phenoxy) is 1. The maximum absolute atomic E-state index is 11.9. The third-order valence-corrected chi connectivity index (χ3v) is 4.82. The molecule has 0 unspecified atom stereocenters. The molecule has 1 saturated heterocycles. The van der Waals surface area contributed by atoms with Gasteiger partial charge in [0.15, 0.2) is 12.6 Å². The van der Waals surface area contributed by atoms with E-state index in [1.807, 2.05) is 54.3 Å². The van der Waals surface area contributed by atoms with Gasteiger partial charge in [0.1, 0.15) is 5.75 Å². The summed E-state index contributed by atoms with van der Waals surface area (Å²) in [6.45, 7) is 4.46. The van der Waals surface area contributed by atoms with Crippen molar-refractivity contribution in [2.75, 3.05) is 24.6 Å². The molecule has 0 aliphatic carbocycles. The number of benzene rings is 2. The van der Waals surface area contributed by atoms with Crippen LogP contribution in [0.2, 0.25) is 0 Å². The third-order valence-electron chi connectivity index (χ3n) is 4.82. The van der Waals surface area contributed by atoms with Crippen LogP contribution in [0.4, 0.5) is 5.69 Å². The minimum Gasteiger partial charge on any atom is -0.484 e. The third kappa shape index (κ3) is 7.70. The zero-order valence-corrected chi connectivity index (χ0v) is 20.5. The minimum atomic E-state index is -0.512. The first-order valence-electron chi connectivity index (χ1n) is 10.5. The number of rotatable bonds is 9. The molecule has 32 heavy (non-hydrogen) atoms. The number of hydrogen-bond acceptors (Lipinski definition) is 4. The number of nitrogens with zero attached hydrogens (tertiary/aromatic N) is 2. The number of primary amides is 1. The molecule has 1 fully saturated rings. The van der Waals surface area contributed by atoms with E-state index in [0.29, 0.717) is 31.2 Å². The lowest BCUT2D eigenvalue weighted by Gasteiger charge is -2.16. The van der Waals surface area contributed by atoms with Crippen LogP contribution in [-0.4, -0.2) is 37.5 Å². The summed E-state index contributed by atoms with van der Waals surface area (Å²) in [5.74, 6) is 0.962. The Balaban J connectivity index is 0.00000363. The fourth-order valence-electron chi connectivity index (χ4n) is 3.30. The van der Waals surface area contributed by atoms with Crippen molar-refractivity contribution in [3.8, 4) is 5.75 Å². The topological polar surface area (TPSA) is 109 Å². The van der Waals surface area contributed by atoms with Crippen LogP contribution in [0.5, 0.6) is 5.75 Å². The number of aliphatic imine (C=N–C) groups is 1. The monoisotopic (exact) mass is 551 g/mol. The quantitative estimate of drug-likeness (QED) is 0.252. The molecular weight excluding hydrogens is 521 g/mol. The number of nitrogens with one attached hydrogen (secondary N) is 2. The fourth-order valence-corrected chi connectivity index (χ4v) is 3.30. The van der Waals surface area contributed by atoms with Gasteiger partial charge in [0, 0.05) is 31.7 Å². The summed E-state index contributed by atoms with van der Waals surface area (Å²) in [5.41, 5.74) is 8.12. The van der Waals surface area contributed by atoms with E-state index in [4.69, 9.17) is 10.5 Å². The lowest BCUT2D eigenvalue weighted by atomic mass is 10.2. The second-order valence-electron chi connectivity index (χ2n) is 7.27. The van der Waals surface area contributed by atoms with E-state index in [2.05, 4.69) is 15.6 Å². The van der Waals surface area contributed by atoms with Crippen LogP contribution < -0.4 is 26.0 Å². The summed E-state index contributed by atoms with van der Waals surface area (Å²) in [6.07, 6.45) is 1.55. The van der Waals surface area contributed by atoms with Gasteiger partial charge in [-0.3, -0.25) is 9.59 Å². The molecule has 0 radical (unpaired) electrons. The molecule has 9 heteroatoms. The summed E-state index contributed by atoms with van der Waals surface area (Å²) in [7, 11) is 0. The van der Waals surface area contributed by atoms with Gasteiger partial charge in [0.25, 0.3) is 5.91 Å². The maximum atomic E-state index is 11.9. The van der Waals surface area contributed by atoms with Crippen molar-refractivity contribution in [1.82, 2.24) is 10.6 Å². The van der Waals surface area contributed by atoms with E-state index in [-0.39, 0.29) is 36.5 Å². The summed E-state index contributed by atoms with van der Waals surface area (Å²) in [5, 5.41) is 6.56. The standard InChI is InChI=1S/C23H29N5O3.HI/c1-2-25-23(27-15-18-5-3-6-20(13-18)31-16-21(24)29)26-14-17-8-10-19(11-9-17)28-12-4-7-22(28)30;/h3,5-6,8-11,13H,2,4,7,12,14-16H2,1H3,(H2,24,29)(H2,25,26,27);1H. The second kappa shape index (κ2) is 12.9. The Morgan fingerprint density at radius 3 is 2.59 bits per heavy atom. The van der Waals surface area contributed by atoms with Crippen molar-refractivity contribution < 1.29 is 14.3 Å². The fraction of sp³-hybridized carbons (Fsp3) is 0.348. The van der Waals surface area contributed by atoms with Gasteiger partial charge in [-0.05, 0) is 48.7 Å². The van der Waals surface area contributed by atoms with Gasteiger partial charge in [-0.25, -0.2) is 4.99 Å². The highest BCUT2D eigenvalue weighted by Gasteiger charge is 2.21. The Labute approximate surface area is 205 Å². The Bertz CT molecular complexity index is 933. The average molecular weight is 551 g/mol. The molecular formula is C23H30IN5O3. The highest BCUT2D eigenvalue weighted by molar-refractivity contribution is 14.0. The van der Waals surface area contributed by atoms with E-state index >= 15 is 0 Å². The summed E-state index contributed by atoms with van der Waals surface area (Å²) in [6, 6.07) is 15.4. The minimum absolute atomic E-state index is 0. The average Bonchev–Trinajstić information content (AvgIpc) is 3.21. The smallest absolute Gasteiger partial charge is 0.255 e. The first-order valence-corrected chi connectivity index (χ1v) is 10.5. The molecule has 3 rings (SSSR count). The number of carbonyl (C=O) groups is 2. The van der Waals surface area contributed by atoms with Gasteiger partial charge >= 0.3 is 0 Å². The Morgan fingerprint density at radius 2 is 1.94 bits per heavy atom. The van der Waals surface area contributed by atoms with Crippen LogP contribution in [0.25, 0.3) is 0 Å². The molecule has 2 aromatic rings. The van der Waals surface area contributed by atoms with Crippen LogP contribution in [0, 0.1) is 0 Å². The van der Waals surface area contributed by atoms with E-state index in [9.17, 15) is 9.59 Å². The van der Waals surface area contributed by atoms with Crippen LogP contribution in [0.3, 0.4) is 0 Å². The summed E-state index contributed by atoms with van der Waals surface area (Å²) in [4.78, 5) is 29.2. The first kappa shape index (κ1) is 25.4. The number of nitrogens with two attached hydrogens (primary N) is 1. The zero-order valence-electron chi connectivity index (χ0n) is 18.2. The molecule has 1 aliphatic heterocycles. The maximum Gasteiger partial charge on any atom is 0.255 e. The van der Waals surface area contributed by atoms with E-state index in [1.54, 1.807) is 6.07 Å². The lowest BCUT2D eigenvalue weighted by Crippen LogP contribution is -2.36. The molecule has 0 aromatic heterocycles. The van der Waals surface area contributed by atoms with Crippen molar-refractivity contribution in [3.05, 3.63) is 59.7 Å². The van der Waals surface area contributed by atoms with Crippen molar-refractivity contribution in [2.45, 2.75) is 32.9 Å². The molecule has 1 aliphatic rings. The molecule has 0 bridgehead atoms.